The van der Waals surface area contributed by atoms with Crippen molar-refractivity contribution < 1.29 is 9.53 Å². The van der Waals surface area contributed by atoms with Gasteiger partial charge in [0, 0.05) is 18.4 Å². The lowest BCUT2D eigenvalue weighted by Gasteiger charge is -2.34. The quantitative estimate of drug-likeness (QED) is 0.848. The summed E-state index contributed by atoms with van der Waals surface area (Å²) in [4.78, 5) is 11.1. The predicted molar refractivity (Wildman–Crippen MR) is 74.2 cm³/mol. The summed E-state index contributed by atoms with van der Waals surface area (Å²) in [6, 6.07) is 6.47. The summed E-state index contributed by atoms with van der Waals surface area (Å²) in [5.74, 6) is 1.65. The summed E-state index contributed by atoms with van der Waals surface area (Å²) in [7, 11) is 0. The van der Waals surface area contributed by atoms with E-state index in [0.717, 1.165) is 31.3 Å². The molecule has 1 aromatic carbocycles. The molecule has 1 heterocycles. The SMILES string of the molecule is Cc1cccc(OC2CC3CCC(N2)C3C=O)c1C. The third-order valence-electron chi connectivity index (χ3n) is 4.76. The van der Waals surface area contributed by atoms with Crippen molar-refractivity contribution in [1.82, 2.24) is 5.32 Å². The van der Waals surface area contributed by atoms with Gasteiger partial charge in [-0.2, -0.15) is 0 Å². The van der Waals surface area contributed by atoms with Crippen LogP contribution >= 0.6 is 0 Å². The van der Waals surface area contributed by atoms with Crippen molar-refractivity contribution in [2.75, 3.05) is 0 Å². The highest BCUT2D eigenvalue weighted by atomic mass is 16.5. The van der Waals surface area contributed by atoms with E-state index in [0.29, 0.717) is 12.0 Å². The van der Waals surface area contributed by atoms with Gasteiger partial charge in [-0.3, -0.25) is 5.32 Å². The minimum absolute atomic E-state index is 0.0502. The second-order valence-electron chi connectivity index (χ2n) is 5.86. The molecule has 1 aromatic rings. The van der Waals surface area contributed by atoms with E-state index in [1.807, 2.05) is 12.1 Å². The molecular weight excluding hydrogens is 238 g/mol. The molecule has 1 N–H and O–H groups in total. The van der Waals surface area contributed by atoms with Crippen LogP contribution in [0.2, 0.25) is 0 Å². The summed E-state index contributed by atoms with van der Waals surface area (Å²) in [5, 5.41) is 3.49. The first-order valence-electron chi connectivity index (χ1n) is 7.13. The van der Waals surface area contributed by atoms with E-state index in [9.17, 15) is 4.79 Å². The molecule has 0 radical (unpaired) electrons. The molecule has 0 aromatic heterocycles. The molecule has 1 saturated heterocycles. The fourth-order valence-corrected chi connectivity index (χ4v) is 3.45. The summed E-state index contributed by atoms with van der Waals surface area (Å²) < 4.78 is 6.11. The molecule has 2 bridgehead atoms. The topological polar surface area (TPSA) is 38.3 Å². The number of rotatable bonds is 3. The average Bonchev–Trinajstić information content (AvgIpc) is 2.65. The van der Waals surface area contributed by atoms with Crippen LogP contribution in [0.15, 0.2) is 18.2 Å². The third kappa shape index (κ3) is 2.27. The van der Waals surface area contributed by atoms with Crippen molar-refractivity contribution in [3.63, 3.8) is 0 Å². The van der Waals surface area contributed by atoms with Crippen LogP contribution in [0.5, 0.6) is 5.75 Å². The Bertz CT molecular complexity index is 472. The molecule has 4 atom stereocenters. The zero-order valence-corrected chi connectivity index (χ0v) is 11.6. The molecule has 3 heteroatoms. The highest BCUT2D eigenvalue weighted by Gasteiger charge is 2.43. The van der Waals surface area contributed by atoms with Crippen LogP contribution < -0.4 is 10.1 Å². The fraction of sp³-hybridized carbons (Fsp3) is 0.562. The molecule has 3 nitrogen and oxygen atoms in total. The maximum Gasteiger partial charge on any atom is 0.150 e. The lowest BCUT2D eigenvalue weighted by molar-refractivity contribution is -0.114. The van der Waals surface area contributed by atoms with Gasteiger partial charge in [0.2, 0.25) is 0 Å². The number of fused-ring (bicyclic) bond motifs is 2. The van der Waals surface area contributed by atoms with Gasteiger partial charge in [0.25, 0.3) is 0 Å². The maximum atomic E-state index is 11.1. The smallest absolute Gasteiger partial charge is 0.150 e. The molecule has 1 aliphatic heterocycles. The van der Waals surface area contributed by atoms with Crippen molar-refractivity contribution in [3.05, 3.63) is 29.3 Å². The molecule has 4 unspecified atom stereocenters. The van der Waals surface area contributed by atoms with E-state index >= 15 is 0 Å². The summed E-state index contributed by atoms with van der Waals surface area (Å²) in [6.45, 7) is 4.19. The minimum atomic E-state index is 0.0502. The van der Waals surface area contributed by atoms with Gasteiger partial charge in [-0.15, -0.1) is 0 Å². The second-order valence-corrected chi connectivity index (χ2v) is 5.86. The van der Waals surface area contributed by atoms with Gasteiger partial charge in [0.15, 0.2) is 6.23 Å². The number of benzene rings is 1. The van der Waals surface area contributed by atoms with Crippen LogP contribution in [0.3, 0.4) is 0 Å². The Hall–Kier alpha value is -1.35. The Morgan fingerprint density at radius 2 is 2.16 bits per heavy atom. The standard InChI is InChI=1S/C16H21NO2/c1-10-4-3-5-15(11(10)2)19-16-8-12-6-7-14(17-16)13(12)9-18/h3-5,9,12-14,16-17H,6-8H2,1-2H3. The van der Waals surface area contributed by atoms with Gasteiger partial charge in [0.05, 0.1) is 0 Å². The first-order valence-corrected chi connectivity index (χ1v) is 7.13. The molecular formula is C16H21NO2. The number of piperidine rings is 1. The van der Waals surface area contributed by atoms with E-state index in [1.165, 1.54) is 11.1 Å². The number of ether oxygens (including phenoxy) is 1. The summed E-state index contributed by atoms with van der Waals surface area (Å²) >= 11 is 0. The molecule has 1 aliphatic carbocycles. The molecule has 3 rings (SSSR count). The van der Waals surface area contributed by atoms with Gasteiger partial charge in [-0.25, -0.2) is 0 Å². The van der Waals surface area contributed by atoms with Gasteiger partial charge >= 0.3 is 0 Å². The Morgan fingerprint density at radius 1 is 1.32 bits per heavy atom. The monoisotopic (exact) mass is 259 g/mol. The van der Waals surface area contributed by atoms with Crippen LogP contribution in [-0.4, -0.2) is 18.6 Å². The van der Waals surface area contributed by atoms with E-state index in [4.69, 9.17) is 4.74 Å². The van der Waals surface area contributed by atoms with Crippen LogP contribution in [-0.2, 0) is 4.79 Å². The third-order valence-corrected chi connectivity index (χ3v) is 4.76. The highest BCUT2D eigenvalue weighted by Crippen LogP contribution is 2.39. The van der Waals surface area contributed by atoms with Gasteiger partial charge in [-0.1, -0.05) is 12.1 Å². The van der Waals surface area contributed by atoms with Crippen LogP contribution in [0.25, 0.3) is 0 Å². The molecule has 1 saturated carbocycles. The lowest BCUT2D eigenvalue weighted by atomic mass is 9.88. The van der Waals surface area contributed by atoms with Gasteiger partial charge in [-0.05, 0) is 49.8 Å². The van der Waals surface area contributed by atoms with Crippen molar-refractivity contribution in [2.24, 2.45) is 11.8 Å². The second kappa shape index (κ2) is 4.97. The number of aryl methyl sites for hydroxylation is 1. The normalized spacial score (nSPS) is 33.2. The Balaban J connectivity index is 1.72. The zero-order chi connectivity index (χ0) is 13.4. The average molecular weight is 259 g/mol. The minimum Gasteiger partial charge on any atom is -0.475 e. The van der Waals surface area contributed by atoms with Crippen molar-refractivity contribution in [2.45, 2.75) is 45.4 Å². The van der Waals surface area contributed by atoms with Crippen LogP contribution in [0.4, 0.5) is 0 Å². The largest absolute Gasteiger partial charge is 0.475 e. The number of hydrogen-bond donors (Lipinski definition) is 1. The lowest BCUT2D eigenvalue weighted by Crippen LogP contribution is -2.50. The van der Waals surface area contributed by atoms with Crippen LogP contribution in [0, 0.1) is 25.7 Å². The molecule has 19 heavy (non-hydrogen) atoms. The molecule has 2 aliphatic rings. The van der Waals surface area contributed by atoms with Gasteiger partial charge < -0.3 is 9.53 Å². The first-order chi connectivity index (χ1) is 9.19. The molecule has 102 valence electrons. The Labute approximate surface area is 114 Å². The van der Waals surface area contributed by atoms with Crippen molar-refractivity contribution in [3.8, 4) is 5.75 Å². The predicted octanol–water partition coefficient (Wildman–Crippen LogP) is 2.60. The highest BCUT2D eigenvalue weighted by molar-refractivity contribution is 5.56. The number of carbonyl (C=O) groups excluding carboxylic acids is 1. The zero-order valence-electron chi connectivity index (χ0n) is 11.6. The fourth-order valence-electron chi connectivity index (χ4n) is 3.45. The number of carbonyl (C=O) groups is 1. The Kier molecular flexibility index (Phi) is 3.31. The van der Waals surface area contributed by atoms with E-state index in [1.54, 1.807) is 0 Å². The first kappa shape index (κ1) is 12.7. The van der Waals surface area contributed by atoms with Crippen molar-refractivity contribution >= 4 is 6.29 Å². The number of aldehydes is 1. The number of hydrogen-bond acceptors (Lipinski definition) is 3. The van der Waals surface area contributed by atoms with E-state index < -0.39 is 0 Å². The maximum absolute atomic E-state index is 11.1. The van der Waals surface area contributed by atoms with Crippen molar-refractivity contribution in [1.29, 1.82) is 0 Å². The van der Waals surface area contributed by atoms with Crippen LogP contribution in [0.1, 0.15) is 30.4 Å². The molecule has 2 fully saturated rings. The van der Waals surface area contributed by atoms with E-state index in [2.05, 4.69) is 25.2 Å². The van der Waals surface area contributed by atoms with Gasteiger partial charge in [0.1, 0.15) is 12.0 Å². The number of nitrogens with one attached hydrogen (secondary N) is 1. The van der Waals surface area contributed by atoms with E-state index in [-0.39, 0.29) is 12.1 Å². The summed E-state index contributed by atoms with van der Waals surface area (Å²) in [5.41, 5.74) is 2.45. The molecule has 0 amide bonds. The Morgan fingerprint density at radius 3 is 2.89 bits per heavy atom. The summed E-state index contributed by atoms with van der Waals surface area (Å²) in [6.07, 6.45) is 4.36. The molecule has 0 spiro atoms.